The Morgan fingerprint density at radius 2 is 1.34 bits per heavy atom. The first-order chi connectivity index (χ1) is 16.4. The standard InChI is InChI=1S/C26H21F8O/c1-2-3-4-5-14-6-8-16(18(27)10-14)23-22(35)13-19(28)17(25(23)31)9-7-15-11-20(29)24(21(30)12-15)26(32,33)34/h6,8,10-13H,2-5,7,9H2,1H3. The van der Waals surface area contributed by atoms with Crippen LogP contribution in [0.5, 0.6) is 5.75 Å². The molecule has 3 rings (SSSR count). The fraction of sp³-hybridized carbons (Fsp3) is 0.308. The Bertz CT molecular complexity index is 1190. The Balaban J connectivity index is 1.91. The molecule has 1 nitrogen and oxygen atoms in total. The normalized spacial score (nSPS) is 11.8. The molecule has 3 aromatic carbocycles. The van der Waals surface area contributed by atoms with Crippen LogP contribution in [0.1, 0.15) is 48.4 Å². The van der Waals surface area contributed by atoms with Gasteiger partial charge in [0.05, 0.1) is 5.56 Å². The number of halogens is 8. The molecule has 3 aromatic rings. The van der Waals surface area contributed by atoms with Gasteiger partial charge >= 0.3 is 6.18 Å². The summed E-state index contributed by atoms with van der Waals surface area (Å²) in [6, 6.07) is 5.31. The number of rotatable bonds is 8. The van der Waals surface area contributed by atoms with Gasteiger partial charge in [-0.2, -0.15) is 13.2 Å². The fourth-order valence-electron chi connectivity index (χ4n) is 3.92. The maximum Gasteiger partial charge on any atom is 0.422 e. The molecule has 0 amide bonds. The smallest absolute Gasteiger partial charge is 0.289 e. The second-order valence-corrected chi connectivity index (χ2v) is 8.23. The first-order valence-electron chi connectivity index (χ1n) is 11.0. The highest BCUT2D eigenvalue weighted by atomic mass is 19.4. The summed E-state index contributed by atoms with van der Waals surface area (Å²) in [5, 5.41) is 12.3. The SMILES string of the molecule is CCCCCc1ccc(-c2c([O])cc(F)c(CCc3cc(F)c(C(F)(F)F)c(F)c3)c2F)c(F)c1. The number of hydrogen-bond donors (Lipinski definition) is 0. The van der Waals surface area contributed by atoms with Crippen LogP contribution in [0.3, 0.4) is 0 Å². The van der Waals surface area contributed by atoms with Gasteiger partial charge in [-0.1, -0.05) is 31.9 Å². The molecular weight excluding hydrogens is 480 g/mol. The minimum atomic E-state index is -5.25. The molecule has 0 spiro atoms. The zero-order valence-corrected chi connectivity index (χ0v) is 18.6. The third kappa shape index (κ3) is 5.94. The molecule has 0 fully saturated rings. The van der Waals surface area contributed by atoms with E-state index in [0.717, 1.165) is 19.3 Å². The summed E-state index contributed by atoms with van der Waals surface area (Å²) < 4.78 is 110. The van der Waals surface area contributed by atoms with E-state index in [4.69, 9.17) is 0 Å². The molecule has 0 bridgehead atoms. The van der Waals surface area contributed by atoms with Gasteiger partial charge in [-0.05, 0) is 55.0 Å². The molecule has 0 aliphatic heterocycles. The fourth-order valence-corrected chi connectivity index (χ4v) is 3.92. The van der Waals surface area contributed by atoms with E-state index < -0.39 is 70.5 Å². The maximum atomic E-state index is 15.2. The molecule has 0 saturated carbocycles. The van der Waals surface area contributed by atoms with Crippen molar-refractivity contribution in [2.24, 2.45) is 0 Å². The number of benzene rings is 3. The third-order valence-corrected chi connectivity index (χ3v) is 5.70. The topological polar surface area (TPSA) is 19.9 Å². The molecule has 0 saturated heterocycles. The van der Waals surface area contributed by atoms with Crippen molar-refractivity contribution in [3.63, 3.8) is 0 Å². The molecule has 0 aliphatic rings. The molecule has 1 radical (unpaired) electrons. The Kier molecular flexibility index (Phi) is 8.07. The first-order valence-corrected chi connectivity index (χ1v) is 11.0. The summed E-state index contributed by atoms with van der Waals surface area (Å²) in [4.78, 5) is 0. The largest absolute Gasteiger partial charge is 0.422 e. The van der Waals surface area contributed by atoms with E-state index in [2.05, 4.69) is 0 Å². The van der Waals surface area contributed by atoms with Crippen LogP contribution < -0.4 is 0 Å². The number of alkyl halides is 3. The number of hydrogen-bond acceptors (Lipinski definition) is 0. The van der Waals surface area contributed by atoms with Crippen LogP contribution in [0.4, 0.5) is 35.1 Å². The molecular formula is C26H21F8O. The molecule has 0 atom stereocenters. The van der Waals surface area contributed by atoms with Crippen LogP contribution >= 0.6 is 0 Å². The minimum Gasteiger partial charge on any atom is -0.289 e. The van der Waals surface area contributed by atoms with E-state index in [9.17, 15) is 35.8 Å². The Morgan fingerprint density at radius 3 is 1.91 bits per heavy atom. The van der Waals surface area contributed by atoms with Gasteiger partial charge in [0, 0.05) is 17.2 Å². The number of unbranched alkanes of at least 4 members (excludes halogenated alkanes) is 2. The van der Waals surface area contributed by atoms with Gasteiger partial charge in [0.1, 0.15) is 34.6 Å². The highest BCUT2D eigenvalue weighted by Crippen LogP contribution is 2.38. The van der Waals surface area contributed by atoms with Gasteiger partial charge in [-0.25, -0.2) is 22.0 Å². The summed E-state index contributed by atoms with van der Waals surface area (Å²) in [5.74, 6) is -8.25. The second-order valence-electron chi connectivity index (χ2n) is 8.23. The summed E-state index contributed by atoms with van der Waals surface area (Å²) >= 11 is 0. The average Bonchev–Trinajstić information content (AvgIpc) is 2.73. The molecule has 0 aromatic heterocycles. The van der Waals surface area contributed by atoms with Crippen LogP contribution in [0.15, 0.2) is 36.4 Å². The van der Waals surface area contributed by atoms with Crippen LogP contribution in [-0.4, -0.2) is 0 Å². The van der Waals surface area contributed by atoms with E-state index in [1.165, 1.54) is 12.1 Å². The molecule has 9 heteroatoms. The molecule has 0 heterocycles. The lowest BCUT2D eigenvalue weighted by Gasteiger charge is -2.14. The van der Waals surface area contributed by atoms with Gasteiger partial charge in [-0.15, -0.1) is 0 Å². The summed E-state index contributed by atoms with van der Waals surface area (Å²) in [7, 11) is 0. The Labute approximate surface area is 197 Å². The minimum absolute atomic E-state index is 0.276. The van der Waals surface area contributed by atoms with Crippen molar-refractivity contribution in [2.45, 2.75) is 51.6 Å². The predicted octanol–water partition coefficient (Wildman–Crippen LogP) is 8.73. The van der Waals surface area contributed by atoms with E-state index in [0.29, 0.717) is 30.2 Å². The van der Waals surface area contributed by atoms with E-state index >= 15 is 4.39 Å². The van der Waals surface area contributed by atoms with E-state index in [-0.39, 0.29) is 11.1 Å². The van der Waals surface area contributed by atoms with Crippen molar-refractivity contribution in [1.29, 1.82) is 0 Å². The molecule has 35 heavy (non-hydrogen) atoms. The highest BCUT2D eigenvalue weighted by Gasteiger charge is 2.38. The Hall–Kier alpha value is -3.10. The van der Waals surface area contributed by atoms with Crippen molar-refractivity contribution < 1.29 is 40.2 Å². The Morgan fingerprint density at radius 1 is 0.714 bits per heavy atom. The lowest BCUT2D eigenvalue weighted by atomic mass is 9.95. The van der Waals surface area contributed by atoms with Crippen LogP contribution in [0.25, 0.3) is 11.1 Å². The third-order valence-electron chi connectivity index (χ3n) is 5.70. The molecule has 187 valence electrons. The second kappa shape index (κ2) is 10.7. The number of aryl methyl sites for hydroxylation is 2. The van der Waals surface area contributed by atoms with Gasteiger partial charge in [0.15, 0.2) is 5.75 Å². The van der Waals surface area contributed by atoms with E-state index in [1.807, 2.05) is 6.92 Å². The van der Waals surface area contributed by atoms with Crippen LogP contribution in [-0.2, 0) is 30.5 Å². The van der Waals surface area contributed by atoms with Gasteiger partial charge in [0.25, 0.3) is 0 Å². The van der Waals surface area contributed by atoms with Crippen molar-refractivity contribution in [3.8, 4) is 16.9 Å². The molecule has 0 N–H and O–H groups in total. The molecule has 0 aliphatic carbocycles. The van der Waals surface area contributed by atoms with Gasteiger partial charge < -0.3 is 0 Å². The van der Waals surface area contributed by atoms with Crippen LogP contribution in [0.2, 0.25) is 0 Å². The lowest BCUT2D eigenvalue weighted by Crippen LogP contribution is -2.12. The van der Waals surface area contributed by atoms with Crippen molar-refractivity contribution in [3.05, 3.63) is 87.7 Å². The monoisotopic (exact) mass is 501 g/mol. The first kappa shape index (κ1) is 26.5. The average molecular weight is 501 g/mol. The van der Waals surface area contributed by atoms with Gasteiger partial charge in [-0.3, -0.25) is 5.11 Å². The van der Waals surface area contributed by atoms with Crippen molar-refractivity contribution in [1.82, 2.24) is 0 Å². The van der Waals surface area contributed by atoms with Gasteiger partial charge in [0.2, 0.25) is 0 Å². The zero-order chi connectivity index (χ0) is 25.9. The maximum absolute atomic E-state index is 15.2. The summed E-state index contributed by atoms with van der Waals surface area (Å²) in [5.41, 5.74) is -3.39. The zero-order valence-electron chi connectivity index (χ0n) is 18.6. The highest BCUT2D eigenvalue weighted by molar-refractivity contribution is 5.72. The lowest BCUT2D eigenvalue weighted by molar-refractivity contribution is -0.142. The van der Waals surface area contributed by atoms with E-state index in [1.54, 1.807) is 6.07 Å². The predicted molar refractivity (Wildman–Crippen MR) is 114 cm³/mol. The van der Waals surface area contributed by atoms with Crippen molar-refractivity contribution in [2.75, 3.05) is 0 Å². The van der Waals surface area contributed by atoms with Crippen LogP contribution in [0, 0.1) is 29.1 Å². The summed E-state index contributed by atoms with van der Waals surface area (Å²) in [6.45, 7) is 2.01. The molecule has 0 unspecified atom stereocenters. The van der Waals surface area contributed by atoms with Crippen molar-refractivity contribution >= 4 is 0 Å². The summed E-state index contributed by atoms with van der Waals surface area (Å²) in [6.07, 6.45) is -2.90. The quantitative estimate of drug-likeness (QED) is 0.217.